The first-order valence-electron chi connectivity index (χ1n) is 16.1. The SMILES string of the molecule is COC(=O)c1ccc(C2CC3(CCN2Cc2c(OC)cc(C)c4c2ccn4C(=O)OC(C)(C)C)CC(F)(F)C3)c(N2CC(OC)C2)n1. The number of carbonyl (C=O) groups is 2. The number of esters is 1. The molecule has 0 radical (unpaired) electrons. The molecule has 2 aromatic heterocycles. The highest BCUT2D eigenvalue weighted by Crippen LogP contribution is 2.61. The summed E-state index contributed by atoms with van der Waals surface area (Å²) < 4.78 is 52.4. The number of carbonyl (C=O) groups excluding carboxylic acids is 2. The van der Waals surface area contributed by atoms with Crippen molar-refractivity contribution in [2.45, 2.75) is 83.6 Å². The van der Waals surface area contributed by atoms with Crippen molar-refractivity contribution < 1.29 is 37.3 Å². The number of alkyl halides is 2. The van der Waals surface area contributed by atoms with Gasteiger partial charge in [0.05, 0.1) is 25.8 Å². The van der Waals surface area contributed by atoms with Gasteiger partial charge in [0.25, 0.3) is 0 Å². The third-order valence-corrected chi connectivity index (χ3v) is 9.80. The van der Waals surface area contributed by atoms with Gasteiger partial charge in [0.15, 0.2) is 5.69 Å². The van der Waals surface area contributed by atoms with E-state index in [1.807, 2.05) is 45.9 Å². The monoisotopic (exact) mass is 654 g/mol. The second-order valence-electron chi connectivity index (χ2n) is 14.3. The molecular weight excluding hydrogens is 610 g/mol. The average molecular weight is 655 g/mol. The minimum atomic E-state index is -2.66. The Kier molecular flexibility index (Phi) is 8.49. The molecule has 0 amide bonds. The summed E-state index contributed by atoms with van der Waals surface area (Å²) in [5.41, 5.74) is 2.38. The van der Waals surface area contributed by atoms with Gasteiger partial charge in [0, 0.05) is 68.3 Å². The smallest absolute Gasteiger partial charge is 0.419 e. The van der Waals surface area contributed by atoms with Crippen LogP contribution in [0.25, 0.3) is 10.9 Å². The summed E-state index contributed by atoms with van der Waals surface area (Å²) in [6.07, 6.45) is 2.15. The van der Waals surface area contributed by atoms with E-state index in [9.17, 15) is 18.4 Å². The number of fused-ring (bicyclic) bond motifs is 1. The molecule has 3 fully saturated rings. The van der Waals surface area contributed by atoms with Crippen LogP contribution in [-0.2, 0) is 20.8 Å². The highest BCUT2D eigenvalue weighted by Gasteiger charge is 2.58. The average Bonchev–Trinajstić information content (AvgIpc) is 3.43. The summed E-state index contributed by atoms with van der Waals surface area (Å²) in [6, 6.07) is 7.10. The minimum Gasteiger partial charge on any atom is -0.496 e. The molecule has 1 saturated carbocycles. The highest BCUT2D eigenvalue weighted by atomic mass is 19.3. The molecule has 1 atom stereocenters. The zero-order valence-corrected chi connectivity index (χ0v) is 28.2. The van der Waals surface area contributed by atoms with Crippen molar-refractivity contribution in [2.75, 3.05) is 45.9 Å². The molecule has 3 aromatic rings. The summed E-state index contributed by atoms with van der Waals surface area (Å²) in [5.74, 6) is -1.89. The van der Waals surface area contributed by atoms with Crippen molar-refractivity contribution >= 4 is 28.8 Å². The molecule has 1 aromatic carbocycles. The first kappa shape index (κ1) is 33.1. The van der Waals surface area contributed by atoms with Crippen LogP contribution in [0, 0.1) is 12.3 Å². The van der Waals surface area contributed by atoms with Crippen molar-refractivity contribution in [1.82, 2.24) is 14.5 Å². The standard InChI is InChI=1S/C35H44F2N4O6/c1-21-14-28(45-6)25(23-10-12-41(29(21)23)32(43)47-33(2,3)4)18-39-13-11-34(19-35(36,37)20-34)15-27(39)24-8-9-26(31(42)46-7)38-30(24)40-16-22(17-40)44-5/h8-10,12,14,22,27H,11,13,15-20H2,1-7H3. The van der Waals surface area contributed by atoms with Gasteiger partial charge >= 0.3 is 12.1 Å². The summed E-state index contributed by atoms with van der Waals surface area (Å²) in [7, 11) is 4.60. The van der Waals surface area contributed by atoms with Crippen molar-refractivity contribution in [1.29, 1.82) is 0 Å². The van der Waals surface area contributed by atoms with Crippen LogP contribution >= 0.6 is 0 Å². The fourth-order valence-corrected chi connectivity index (χ4v) is 7.57. The number of piperidine rings is 1. The number of methoxy groups -OCH3 is 3. The van der Waals surface area contributed by atoms with Gasteiger partial charge in [-0.2, -0.15) is 0 Å². The number of ether oxygens (including phenoxy) is 4. The number of rotatable bonds is 7. The summed E-state index contributed by atoms with van der Waals surface area (Å²) >= 11 is 0. The molecule has 0 N–H and O–H groups in total. The molecule has 12 heteroatoms. The minimum absolute atomic E-state index is 0.0321. The Morgan fingerprint density at radius 2 is 1.81 bits per heavy atom. The molecule has 0 bridgehead atoms. The zero-order chi connectivity index (χ0) is 33.9. The number of hydrogen-bond donors (Lipinski definition) is 0. The number of pyridine rings is 1. The quantitative estimate of drug-likeness (QED) is 0.264. The van der Waals surface area contributed by atoms with Crippen LogP contribution in [0.5, 0.6) is 5.75 Å². The molecule has 254 valence electrons. The van der Waals surface area contributed by atoms with Gasteiger partial charge in [-0.05, 0) is 76.3 Å². The van der Waals surface area contributed by atoms with Crippen LogP contribution in [0.15, 0.2) is 30.5 Å². The number of aryl methyl sites for hydroxylation is 1. The predicted molar refractivity (Wildman–Crippen MR) is 172 cm³/mol. The lowest BCUT2D eigenvalue weighted by Gasteiger charge is -2.55. The molecule has 1 aliphatic carbocycles. The maximum Gasteiger partial charge on any atom is 0.419 e. The fraction of sp³-hybridized carbons (Fsp3) is 0.571. The van der Waals surface area contributed by atoms with Crippen LogP contribution in [0.3, 0.4) is 0 Å². The molecule has 3 aliphatic rings. The van der Waals surface area contributed by atoms with E-state index in [-0.39, 0.29) is 30.7 Å². The fourth-order valence-electron chi connectivity index (χ4n) is 7.57. The van der Waals surface area contributed by atoms with Crippen molar-refractivity contribution in [2.24, 2.45) is 5.41 Å². The number of anilines is 1. The Bertz CT molecular complexity index is 1690. The van der Waals surface area contributed by atoms with E-state index in [0.29, 0.717) is 50.6 Å². The number of halogens is 2. The number of hydrogen-bond acceptors (Lipinski definition) is 9. The van der Waals surface area contributed by atoms with Crippen molar-refractivity contribution in [3.05, 3.63) is 52.8 Å². The maximum absolute atomic E-state index is 14.4. The van der Waals surface area contributed by atoms with Gasteiger partial charge in [-0.15, -0.1) is 0 Å². The molecule has 1 spiro atoms. The normalized spacial score (nSPS) is 21.0. The Balaban J connectivity index is 1.42. The lowest BCUT2D eigenvalue weighted by atomic mass is 9.59. The third-order valence-electron chi connectivity index (χ3n) is 9.80. The summed E-state index contributed by atoms with van der Waals surface area (Å²) in [6.45, 7) is 9.63. The summed E-state index contributed by atoms with van der Waals surface area (Å²) in [5, 5.41) is 0.854. The summed E-state index contributed by atoms with van der Waals surface area (Å²) in [4.78, 5) is 34.8. The molecule has 4 heterocycles. The van der Waals surface area contributed by atoms with Crippen molar-refractivity contribution in [3.63, 3.8) is 0 Å². The van der Waals surface area contributed by atoms with Gasteiger partial charge in [0.1, 0.15) is 17.2 Å². The third kappa shape index (κ3) is 6.29. The van der Waals surface area contributed by atoms with E-state index in [1.165, 1.54) is 11.7 Å². The van der Waals surface area contributed by atoms with Gasteiger partial charge in [-0.3, -0.25) is 9.47 Å². The Morgan fingerprint density at radius 3 is 2.43 bits per heavy atom. The molecular formula is C35H44F2N4O6. The number of likely N-dealkylation sites (tertiary alicyclic amines) is 1. The first-order valence-corrected chi connectivity index (χ1v) is 16.1. The number of nitrogens with zero attached hydrogens (tertiary/aromatic N) is 4. The van der Waals surface area contributed by atoms with Gasteiger partial charge in [0.2, 0.25) is 5.92 Å². The molecule has 1 unspecified atom stereocenters. The lowest BCUT2D eigenvalue weighted by molar-refractivity contribution is -0.186. The van der Waals surface area contributed by atoms with Gasteiger partial charge in [-0.25, -0.2) is 23.4 Å². The predicted octanol–water partition coefficient (Wildman–Crippen LogP) is 6.51. The van der Waals surface area contributed by atoms with Gasteiger partial charge in [-0.1, -0.05) is 6.07 Å². The van der Waals surface area contributed by atoms with E-state index in [0.717, 1.165) is 27.6 Å². The second-order valence-corrected chi connectivity index (χ2v) is 14.3. The number of aromatic nitrogens is 2. The van der Waals surface area contributed by atoms with Crippen LogP contribution in [-0.4, -0.2) is 85.1 Å². The van der Waals surface area contributed by atoms with Crippen LogP contribution in [0.2, 0.25) is 0 Å². The molecule has 2 aliphatic heterocycles. The Hall–Kier alpha value is -3.77. The van der Waals surface area contributed by atoms with E-state index in [4.69, 9.17) is 23.9 Å². The zero-order valence-electron chi connectivity index (χ0n) is 28.2. The molecule has 6 rings (SSSR count). The van der Waals surface area contributed by atoms with Crippen molar-refractivity contribution in [3.8, 4) is 5.75 Å². The van der Waals surface area contributed by atoms with Crippen LogP contribution in [0.4, 0.5) is 19.4 Å². The van der Waals surface area contributed by atoms with Crippen LogP contribution in [0.1, 0.15) is 79.7 Å². The van der Waals surface area contributed by atoms with E-state index in [1.54, 1.807) is 26.5 Å². The largest absolute Gasteiger partial charge is 0.496 e. The van der Waals surface area contributed by atoms with E-state index in [2.05, 4.69) is 9.80 Å². The van der Waals surface area contributed by atoms with E-state index < -0.39 is 29.0 Å². The molecule has 2 saturated heterocycles. The first-order chi connectivity index (χ1) is 22.2. The topological polar surface area (TPSA) is 95.4 Å². The number of benzene rings is 1. The molecule has 10 nitrogen and oxygen atoms in total. The highest BCUT2D eigenvalue weighted by molar-refractivity contribution is 5.95. The van der Waals surface area contributed by atoms with Crippen LogP contribution < -0.4 is 9.64 Å². The Morgan fingerprint density at radius 1 is 1.09 bits per heavy atom. The van der Waals surface area contributed by atoms with Gasteiger partial charge < -0.3 is 23.8 Å². The Labute approximate surface area is 273 Å². The second kappa shape index (κ2) is 12.0. The molecule has 47 heavy (non-hydrogen) atoms. The maximum atomic E-state index is 14.4. The lowest BCUT2D eigenvalue weighted by Crippen LogP contribution is -2.54. The van der Waals surface area contributed by atoms with E-state index >= 15 is 0 Å².